The largest absolute Gasteiger partial charge is 0.243 e. The van der Waals surface area contributed by atoms with Crippen molar-refractivity contribution in [2.24, 2.45) is 5.92 Å². The first-order valence-electron chi connectivity index (χ1n) is 11.4. The Morgan fingerprint density at radius 1 is 1.00 bits per heavy atom. The van der Waals surface area contributed by atoms with Gasteiger partial charge in [0.1, 0.15) is 5.25 Å². The molecule has 2 unspecified atom stereocenters. The number of hydrogen-bond donors (Lipinski definition) is 1. The Labute approximate surface area is 203 Å². The van der Waals surface area contributed by atoms with Gasteiger partial charge in [0.15, 0.2) is 0 Å². The minimum Gasteiger partial charge on any atom is -0.215 e. The molecule has 9 heteroatoms. The molecular weight excluding hydrogens is 480 g/mol. The first-order valence-corrected chi connectivity index (χ1v) is 14.8. The van der Waals surface area contributed by atoms with Crippen LogP contribution in [0.25, 0.3) is 0 Å². The van der Waals surface area contributed by atoms with Crippen molar-refractivity contribution < 1.29 is 16.8 Å². The summed E-state index contributed by atoms with van der Waals surface area (Å²) < 4.78 is 57.1. The van der Waals surface area contributed by atoms with Gasteiger partial charge in [0.25, 0.3) is 0 Å². The number of rotatable bonds is 10. The lowest BCUT2D eigenvalue weighted by atomic mass is 10.0. The summed E-state index contributed by atoms with van der Waals surface area (Å²) in [6, 6.07) is 15.2. The maximum absolute atomic E-state index is 13.2. The average molecular weight is 513 g/mol. The maximum Gasteiger partial charge on any atom is 0.243 e. The van der Waals surface area contributed by atoms with Crippen molar-refractivity contribution in [1.82, 2.24) is 9.03 Å². The zero-order valence-electron chi connectivity index (χ0n) is 19.2. The van der Waals surface area contributed by atoms with Gasteiger partial charge in [0, 0.05) is 24.2 Å². The van der Waals surface area contributed by atoms with Crippen molar-refractivity contribution in [2.75, 3.05) is 13.1 Å². The Morgan fingerprint density at radius 3 is 2.30 bits per heavy atom. The minimum atomic E-state index is -3.67. The predicted molar refractivity (Wildman–Crippen MR) is 133 cm³/mol. The third-order valence-electron chi connectivity index (χ3n) is 6.01. The van der Waals surface area contributed by atoms with Crippen LogP contribution in [0.3, 0.4) is 0 Å². The highest BCUT2D eigenvalue weighted by atomic mass is 35.5. The maximum atomic E-state index is 13.2. The van der Waals surface area contributed by atoms with E-state index in [1.54, 1.807) is 12.1 Å². The molecule has 1 saturated heterocycles. The fourth-order valence-electron chi connectivity index (χ4n) is 4.33. The lowest BCUT2D eigenvalue weighted by molar-refractivity contribution is 0.242. The van der Waals surface area contributed by atoms with Crippen LogP contribution in [0.4, 0.5) is 0 Å². The van der Waals surface area contributed by atoms with Crippen LogP contribution in [-0.2, 0) is 20.0 Å². The number of nitrogens with one attached hydrogen (secondary N) is 1. The van der Waals surface area contributed by atoms with E-state index in [1.807, 2.05) is 44.2 Å². The molecule has 6 nitrogen and oxygen atoms in total. The number of nitrogens with zero attached hydrogens (tertiary/aromatic N) is 1. The predicted octanol–water partition coefficient (Wildman–Crippen LogP) is 4.98. The van der Waals surface area contributed by atoms with Gasteiger partial charge >= 0.3 is 0 Å². The highest BCUT2D eigenvalue weighted by Gasteiger charge is 2.34. The summed E-state index contributed by atoms with van der Waals surface area (Å²) in [5.74, 6) is 0.213. The van der Waals surface area contributed by atoms with Crippen LogP contribution >= 0.6 is 11.6 Å². The molecule has 0 saturated carbocycles. The molecule has 2 aromatic rings. The molecule has 0 aromatic heterocycles. The van der Waals surface area contributed by atoms with E-state index in [9.17, 15) is 16.8 Å². The van der Waals surface area contributed by atoms with Gasteiger partial charge in [0.05, 0.1) is 4.90 Å². The smallest absolute Gasteiger partial charge is 0.215 e. The molecule has 0 spiro atoms. The number of sulfonamides is 2. The van der Waals surface area contributed by atoms with E-state index in [0.717, 1.165) is 18.4 Å². The second kappa shape index (κ2) is 11.3. The van der Waals surface area contributed by atoms with Gasteiger partial charge < -0.3 is 0 Å². The van der Waals surface area contributed by atoms with E-state index in [4.69, 9.17) is 11.6 Å². The Hall–Kier alpha value is -1.45. The van der Waals surface area contributed by atoms with Gasteiger partial charge in [-0.15, -0.1) is 0 Å². The molecule has 0 bridgehead atoms. The van der Waals surface area contributed by atoms with Crippen LogP contribution in [0.2, 0.25) is 5.02 Å². The van der Waals surface area contributed by atoms with Crippen LogP contribution in [0.1, 0.15) is 56.8 Å². The summed E-state index contributed by atoms with van der Waals surface area (Å²) in [6.07, 6.45) is 3.36. The number of hydrogen-bond acceptors (Lipinski definition) is 4. The van der Waals surface area contributed by atoms with Gasteiger partial charge in [-0.3, -0.25) is 0 Å². The molecule has 1 N–H and O–H groups in total. The summed E-state index contributed by atoms with van der Waals surface area (Å²) in [7, 11) is -7.29. The van der Waals surface area contributed by atoms with Crippen molar-refractivity contribution in [1.29, 1.82) is 0 Å². The topological polar surface area (TPSA) is 83.6 Å². The van der Waals surface area contributed by atoms with Crippen molar-refractivity contribution in [3.05, 3.63) is 65.2 Å². The Balaban J connectivity index is 1.71. The van der Waals surface area contributed by atoms with E-state index < -0.39 is 25.3 Å². The third-order valence-corrected chi connectivity index (χ3v) is 10.0. The quantitative estimate of drug-likeness (QED) is 0.486. The highest BCUT2D eigenvalue weighted by Crippen LogP contribution is 2.30. The van der Waals surface area contributed by atoms with Crippen LogP contribution in [-0.4, -0.2) is 40.3 Å². The summed E-state index contributed by atoms with van der Waals surface area (Å²) in [5.41, 5.74) is 0.767. The van der Waals surface area contributed by atoms with Crippen LogP contribution in [0.15, 0.2) is 59.5 Å². The number of benzene rings is 2. The molecule has 1 heterocycles. The minimum absolute atomic E-state index is 0.196. The van der Waals surface area contributed by atoms with Gasteiger partial charge in [0.2, 0.25) is 20.0 Å². The molecule has 1 aliphatic rings. The summed E-state index contributed by atoms with van der Waals surface area (Å²) >= 11 is 5.92. The van der Waals surface area contributed by atoms with E-state index >= 15 is 0 Å². The molecule has 0 radical (unpaired) electrons. The van der Waals surface area contributed by atoms with Crippen LogP contribution in [0, 0.1) is 5.92 Å². The highest BCUT2D eigenvalue weighted by molar-refractivity contribution is 7.89. The van der Waals surface area contributed by atoms with Crippen molar-refractivity contribution in [3.8, 4) is 0 Å². The van der Waals surface area contributed by atoms with Crippen LogP contribution < -0.4 is 4.72 Å². The van der Waals surface area contributed by atoms with Gasteiger partial charge in [-0.05, 0) is 61.4 Å². The molecule has 1 aliphatic heterocycles. The molecule has 3 rings (SSSR count). The lowest BCUT2D eigenvalue weighted by Crippen LogP contribution is -2.45. The van der Waals surface area contributed by atoms with Gasteiger partial charge in [-0.2, -0.15) is 4.31 Å². The molecule has 1 fully saturated rings. The molecular formula is C24H33ClN2O4S2. The average Bonchev–Trinajstić information content (AvgIpc) is 2.78. The fraction of sp³-hybridized carbons (Fsp3) is 0.500. The van der Waals surface area contributed by atoms with Crippen molar-refractivity contribution >= 4 is 31.6 Å². The molecule has 0 aliphatic carbocycles. The van der Waals surface area contributed by atoms with Crippen molar-refractivity contribution in [2.45, 2.75) is 62.1 Å². The number of piperidine rings is 1. The van der Waals surface area contributed by atoms with Gasteiger partial charge in [-0.25, -0.2) is 21.6 Å². The zero-order chi connectivity index (χ0) is 24.1. The lowest BCUT2D eigenvalue weighted by Gasteiger charge is -2.35. The second-order valence-electron chi connectivity index (χ2n) is 8.98. The fourth-order valence-corrected chi connectivity index (χ4v) is 7.93. The first-order chi connectivity index (χ1) is 15.6. The Kier molecular flexibility index (Phi) is 8.97. The standard InChI is InChI=1S/C24H33ClN2O4S2/c1-19(2)18-24(20-8-4-3-5-9-20)32(28,29)26-16-15-22-10-6-7-17-27(22)33(30,31)23-13-11-21(25)12-14-23/h3-5,8-9,11-14,19,22,24,26H,6-7,10,15-18H2,1-2H3. The summed E-state index contributed by atoms with van der Waals surface area (Å²) in [4.78, 5) is 0.209. The zero-order valence-corrected chi connectivity index (χ0v) is 21.5. The van der Waals surface area contributed by atoms with Crippen LogP contribution in [0.5, 0.6) is 0 Å². The van der Waals surface area contributed by atoms with E-state index in [2.05, 4.69) is 4.72 Å². The molecule has 2 aromatic carbocycles. The molecule has 2 atom stereocenters. The molecule has 33 heavy (non-hydrogen) atoms. The first kappa shape index (κ1) is 26.2. The second-order valence-corrected chi connectivity index (χ2v) is 13.3. The molecule has 182 valence electrons. The normalized spacial score (nSPS) is 19.0. The Bertz CT molecular complexity index is 1100. The van der Waals surface area contributed by atoms with Gasteiger partial charge in [-0.1, -0.05) is 62.2 Å². The summed E-state index contributed by atoms with van der Waals surface area (Å²) in [5, 5.41) is -0.160. The SMILES string of the molecule is CC(C)CC(c1ccccc1)S(=O)(=O)NCCC1CCCCN1S(=O)(=O)c1ccc(Cl)cc1. The molecule has 0 amide bonds. The van der Waals surface area contributed by atoms with E-state index in [-0.39, 0.29) is 23.4 Å². The number of halogens is 1. The Morgan fingerprint density at radius 2 is 1.67 bits per heavy atom. The monoisotopic (exact) mass is 512 g/mol. The summed E-state index contributed by atoms with van der Waals surface area (Å²) in [6.45, 7) is 4.64. The van der Waals surface area contributed by atoms with Crippen molar-refractivity contribution in [3.63, 3.8) is 0 Å². The van der Waals surface area contributed by atoms with E-state index in [0.29, 0.717) is 30.8 Å². The van der Waals surface area contributed by atoms with E-state index in [1.165, 1.54) is 16.4 Å². The third kappa shape index (κ3) is 6.79.